The molecule has 0 aliphatic rings. The fraction of sp³-hybridized carbons (Fsp3) is 0.286. The van der Waals surface area contributed by atoms with Crippen LogP contribution in [0.15, 0.2) is 43.0 Å². The van der Waals surface area contributed by atoms with Gasteiger partial charge in [0, 0.05) is 25.5 Å². The summed E-state index contributed by atoms with van der Waals surface area (Å²) in [4.78, 5) is 15.3. The number of amides is 1. The number of likely N-dealkylation sites (N-methyl/N-ethyl adjacent to an activating group) is 1. The quantitative estimate of drug-likeness (QED) is 0.841. The molecule has 2 aromatic rings. The van der Waals surface area contributed by atoms with Gasteiger partial charge in [0.15, 0.2) is 0 Å². The van der Waals surface area contributed by atoms with Crippen molar-refractivity contribution in [2.24, 2.45) is 0 Å². The van der Waals surface area contributed by atoms with Crippen LogP contribution >= 0.6 is 12.4 Å². The SMILES string of the molecule is CNCC(=O)NCc1ccc(Cn2ccnc2)cc1.Cl. The second kappa shape index (κ2) is 8.35. The standard InChI is InChI=1S/C14H18N4O.ClH/c1-15-9-14(19)17-8-12-2-4-13(5-3-12)10-18-7-6-16-11-18;/h2-7,11,15H,8-10H2,1H3,(H,17,19);1H. The topological polar surface area (TPSA) is 59.0 Å². The van der Waals surface area contributed by atoms with E-state index in [2.05, 4.69) is 27.8 Å². The highest BCUT2D eigenvalue weighted by Gasteiger charge is 2.00. The summed E-state index contributed by atoms with van der Waals surface area (Å²) >= 11 is 0. The van der Waals surface area contributed by atoms with E-state index in [4.69, 9.17) is 0 Å². The van der Waals surface area contributed by atoms with Gasteiger partial charge in [0.1, 0.15) is 0 Å². The van der Waals surface area contributed by atoms with Crippen molar-refractivity contribution in [2.45, 2.75) is 13.1 Å². The summed E-state index contributed by atoms with van der Waals surface area (Å²) in [5.74, 6) is 0.00462. The zero-order valence-corrected chi connectivity index (χ0v) is 12.2. The minimum atomic E-state index is 0. The maximum atomic E-state index is 11.3. The van der Waals surface area contributed by atoms with Gasteiger partial charge < -0.3 is 15.2 Å². The molecule has 0 saturated carbocycles. The van der Waals surface area contributed by atoms with Gasteiger partial charge in [-0.1, -0.05) is 24.3 Å². The minimum Gasteiger partial charge on any atom is -0.351 e. The maximum Gasteiger partial charge on any atom is 0.234 e. The molecule has 0 bridgehead atoms. The molecule has 0 spiro atoms. The van der Waals surface area contributed by atoms with E-state index in [1.54, 1.807) is 19.6 Å². The molecule has 5 nitrogen and oxygen atoms in total. The summed E-state index contributed by atoms with van der Waals surface area (Å²) in [5.41, 5.74) is 2.31. The van der Waals surface area contributed by atoms with Crippen LogP contribution in [0.3, 0.4) is 0 Å². The fourth-order valence-electron chi connectivity index (χ4n) is 1.78. The van der Waals surface area contributed by atoms with Gasteiger partial charge in [-0.15, -0.1) is 12.4 Å². The highest BCUT2D eigenvalue weighted by Crippen LogP contribution is 2.06. The van der Waals surface area contributed by atoms with Crippen LogP contribution in [0.1, 0.15) is 11.1 Å². The summed E-state index contributed by atoms with van der Waals surface area (Å²) in [6, 6.07) is 8.21. The van der Waals surface area contributed by atoms with Crippen LogP contribution in [0, 0.1) is 0 Å². The number of hydrogen-bond acceptors (Lipinski definition) is 3. The van der Waals surface area contributed by atoms with Gasteiger partial charge in [-0.25, -0.2) is 4.98 Å². The lowest BCUT2D eigenvalue weighted by molar-refractivity contribution is -0.120. The lowest BCUT2D eigenvalue weighted by atomic mass is 10.1. The molecule has 0 fully saturated rings. The van der Waals surface area contributed by atoms with E-state index < -0.39 is 0 Å². The number of benzene rings is 1. The van der Waals surface area contributed by atoms with Gasteiger partial charge in [-0.3, -0.25) is 4.79 Å². The Morgan fingerprint density at radius 3 is 2.55 bits per heavy atom. The largest absolute Gasteiger partial charge is 0.351 e. The molecule has 1 aromatic carbocycles. The summed E-state index contributed by atoms with van der Waals surface area (Å²) in [5, 5.41) is 5.67. The van der Waals surface area contributed by atoms with Crippen molar-refractivity contribution in [1.29, 1.82) is 0 Å². The van der Waals surface area contributed by atoms with E-state index in [1.807, 2.05) is 22.9 Å². The number of hydrogen-bond donors (Lipinski definition) is 2. The minimum absolute atomic E-state index is 0. The summed E-state index contributed by atoms with van der Waals surface area (Å²) < 4.78 is 2.02. The van der Waals surface area contributed by atoms with Crippen molar-refractivity contribution < 1.29 is 4.79 Å². The normalized spacial score (nSPS) is 9.85. The van der Waals surface area contributed by atoms with Crippen molar-refractivity contribution in [1.82, 2.24) is 20.2 Å². The molecule has 1 amide bonds. The van der Waals surface area contributed by atoms with E-state index in [9.17, 15) is 4.79 Å². The molecule has 0 aliphatic heterocycles. The fourth-order valence-corrected chi connectivity index (χ4v) is 1.78. The van der Waals surface area contributed by atoms with Crippen molar-refractivity contribution in [3.63, 3.8) is 0 Å². The first-order valence-electron chi connectivity index (χ1n) is 6.23. The predicted octanol–water partition coefficient (Wildman–Crippen LogP) is 1.19. The Hall–Kier alpha value is -1.85. The van der Waals surface area contributed by atoms with Gasteiger partial charge in [-0.05, 0) is 18.2 Å². The maximum absolute atomic E-state index is 11.3. The number of imidazole rings is 1. The molecule has 0 unspecified atom stereocenters. The Kier molecular flexibility index (Phi) is 6.76. The number of carbonyl (C=O) groups is 1. The van der Waals surface area contributed by atoms with Crippen LogP contribution in [0.2, 0.25) is 0 Å². The van der Waals surface area contributed by atoms with Crippen molar-refractivity contribution >= 4 is 18.3 Å². The Labute approximate surface area is 124 Å². The molecule has 0 radical (unpaired) electrons. The van der Waals surface area contributed by atoms with Crippen LogP contribution in [-0.2, 0) is 17.9 Å². The first-order chi connectivity index (χ1) is 9.28. The average Bonchev–Trinajstić information content (AvgIpc) is 2.91. The number of carbonyl (C=O) groups excluding carboxylic acids is 1. The van der Waals surface area contributed by atoms with Gasteiger partial charge >= 0.3 is 0 Å². The van der Waals surface area contributed by atoms with Crippen LogP contribution in [0.4, 0.5) is 0 Å². The third-order valence-electron chi connectivity index (χ3n) is 2.77. The zero-order chi connectivity index (χ0) is 13.5. The monoisotopic (exact) mass is 294 g/mol. The van der Waals surface area contributed by atoms with Crippen molar-refractivity contribution in [2.75, 3.05) is 13.6 Å². The number of nitrogens with one attached hydrogen (secondary N) is 2. The number of nitrogens with zero attached hydrogens (tertiary/aromatic N) is 2. The molecule has 2 N–H and O–H groups in total. The van der Waals surface area contributed by atoms with E-state index in [1.165, 1.54) is 5.56 Å². The zero-order valence-electron chi connectivity index (χ0n) is 11.4. The van der Waals surface area contributed by atoms with Gasteiger partial charge in [-0.2, -0.15) is 0 Å². The van der Waals surface area contributed by atoms with Crippen LogP contribution < -0.4 is 10.6 Å². The summed E-state index contributed by atoms with van der Waals surface area (Å²) in [7, 11) is 1.75. The lowest BCUT2D eigenvalue weighted by Gasteiger charge is -2.07. The van der Waals surface area contributed by atoms with E-state index in [0.29, 0.717) is 13.1 Å². The molecule has 108 valence electrons. The molecular formula is C14H19ClN4O. The Morgan fingerprint density at radius 2 is 1.95 bits per heavy atom. The molecule has 6 heteroatoms. The molecule has 0 saturated heterocycles. The van der Waals surface area contributed by atoms with Gasteiger partial charge in [0.2, 0.25) is 5.91 Å². The predicted molar refractivity (Wildman–Crippen MR) is 80.8 cm³/mol. The third kappa shape index (κ3) is 5.03. The van der Waals surface area contributed by atoms with Crippen LogP contribution in [0.5, 0.6) is 0 Å². The highest BCUT2D eigenvalue weighted by atomic mass is 35.5. The smallest absolute Gasteiger partial charge is 0.234 e. The van der Waals surface area contributed by atoms with Crippen molar-refractivity contribution in [3.8, 4) is 0 Å². The first-order valence-corrected chi connectivity index (χ1v) is 6.23. The molecule has 1 heterocycles. The van der Waals surface area contributed by atoms with E-state index >= 15 is 0 Å². The van der Waals surface area contributed by atoms with Crippen molar-refractivity contribution in [3.05, 3.63) is 54.1 Å². The third-order valence-corrected chi connectivity index (χ3v) is 2.77. The molecule has 2 rings (SSSR count). The molecule has 0 aliphatic carbocycles. The van der Waals surface area contributed by atoms with E-state index in [0.717, 1.165) is 12.1 Å². The first kappa shape index (κ1) is 16.2. The Bertz CT molecular complexity index is 510. The highest BCUT2D eigenvalue weighted by molar-refractivity contribution is 5.85. The average molecular weight is 295 g/mol. The lowest BCUT2D eigenvalue weighted by Crippen LogP contribution is -2.31. The summed E-state index contributed by atoms with van der Waals surface area (Å²) in [6.45, 7) is 1.72. The van der Waals surface area contributed by atoms with Gasteiger partial charge in [0.05, 0.1) is 12.9 Å². The summed E-state index contributed by atoms with van der Waals surface area (Å²) in [6.07, 6.45) is 5.50. The number of halogens is 1. The number of aromatic nitrogens is 2. The molecular weight excluding hydrogens is 276 g/mol. The number of rotatable bonds is 6. The van der Waals surface area contributed by atoms with E-state index in [-0.39, 0.29) is 18.3 Å². The second-order valence-corrected chi connectivity index (χ2v) is 4.36. The Morgan fingerprint density at radius 1 is 1.25 bits per heavy atom. The Balaban J connectivity index is 0.00000200. The van der Waals surface area contributed by atoms with Crippen LogP contribution in [-0.4, -0.2) is 29.1 Å². The second-order valence-electron chi connectivity index (χ2n) is 4.36. The van der Waals surface area contributed by atoms with Gasteiger partial charge in [0.25, 0.3) is 0 Å². The molecule has 0 atom stereocenters. The molecule has 1 aromatic heterocycles. The van der Waals surface area contributed by atoms with Crippen LogP contribution in [0.25, 0.3) is 0 Å². The molecule has 20 heavy (non-hydrogen) atoms.